The Morgan fingerprint density at radius 2 is 1.34 bits per heavy atom. The predicted octanol–water partition coefficient (Wildman–Crippen LogP) is 5.72. The van der Waals surface area contributed by atoms with Gasteiger partial charge >= 0.3 is 11.9 Å². The number of imide groups is 1. The Hall–Kier alpha value is -4.36. The van der Waals surface area contributed by atoms with E-state index in [1.807, 2.05) is 60.7 Å². The van der Waals surface area contributed by atoms with Gasteiger partial charge in [-0.15, -0.1) is 0 Å². The van der Waals surface area contributed by atoms with Gasteiger partial charge in [0, 0.05) is 26.5 Å². The van der Waals surface area contributed by atoms with Gasteiger partial charge in [-0.3, -0.25) is 24.1 Å². The fourth-order valence-corrected chi connectivity index (χ4v) is 8.84. The SMILES string of the molecule is CO[C@H]1OC2COC(c3ccccc3)O[C@H]2C(OCc2ccccc2)C1O[C@@H]1OC(CO[Si](C)(C)C(C)(C)C)[C@@H](OC(C)=O)C(OC(C)=O)C1N1C(=O)c2ccccc2C1=O. The second kappa shape index (κ2) is 18.5. The van der Waals surface area contributed by atoms with Gasteiger partial charge in [0.15, 0.2) is 39.4 Å². The van der Waals surface area contributed by atoms with E-state index in [0.29, 0.717) is 0 Å². The quantitative estimate of drug-likeness (QED) is 0.117. The van der Waals surface area contributed by atoms with Gasteiger partial charge in [0.05, 0.1) is 30.9 Å². The maximum absolute atomic E-state index is 14.4. The van der Waals surface area contributed by atoms with Gasteiger partial charge in [-0.2, -0.15) is 0 Å². The molecule has 328 valence electrons. The Labute approximate surface area is 356 Å². The average molecular weight is 862 g/mol. The Morgan fingerprint density at radius 1 is 0.754 bits per heavy atom. The first kappa shape index (κ1) is 44.7. The molecule has 3 fully saturated rings. The summed E-state index contributed by atoms with van der Waals surface area (Å²) in [5, 5.41) is -0.223. The molecule has 3 aromatic rings. The van der Waals surface area contributed by atoms with Crippen LogP contribution in [0.4, 0.5) is 0 Å². The monoisotopic (exact) mass is 861 g/mol. The van der Waals surface area contributed by atoms with E-state index < -0.39 is 99.7 Å². The van der Waals surface area contributed by atoms with Crippen molar-refractivity contribution in [1.29, 1.82) is 0 Å². The zero-order valence-electron chi connectivity index (χ0n) is 35.7. The molecular formula is C45H55NO14Si. The largest absolute Gasteiger partial charge is 0.456 e. The van der Waals surface area contributed by atoms with Crippen LogP contribution in [0, 0.1) is 0 Å². The van der Waals surface area contributed by atoms with Crippen molar-refractivity contribution >= 4 is 32.1 Å². The molecule has 61 heavy (non-hydrogen) atoms. The van der Waals surface area contributed by atoms with Gasteiger partial charge in [-0.1, -0.05) is 93.6 Å². The van der Waals surface area contributed by atoms with Crippen LogP contribution in [0.1, 0.15) is 72.8 Å². The number of nitrogens with zero attached hydrogens (tertiary/aromatic N) is 1. The van der Waals surface area contributed by atoms with Crippen molar-refractivity contribution in [3.8, 4) is 0 Å². The van der Waals surface area contributed by atoms with Crippen LogP contribution in [0.3, 0.4) is 0 Å². The third-order valence-electron chi connectivity index (χ3n) is 11.9. The maximum atomic E-state index is 14.4. The van der Waals surface area contributed by atoms with Gasteiger partial charge in [0.1, 0.15) is 36.6 Å². The number of amides is 2. The highest BCUT2D eigenvalue weighted by atomic mass is 28.4. The Balaban J connectivity index is 1.32. The number of carbonyl (C=O) groups excluding carboxylic acids is 4. The second-order valence-electron chi connectivity index (χ2n) is 17.1. The number of fused-ring (bicyclic) bond motifs is 2. The van der Waals surface area contributed by atoms with E-state index in [0.717, 1.165) is 16.0 Å². The summed E-state index contributed by atoms with van der Waals surface area (Å²) in [7, 11) is -1.04. The molecular weight excluding hydrogens is 807 g/mol. The standard InChI is InChI=1S/C45H55NO14Si/c1-26(47)55-35-33(25-54-61(7,8)45(3,4)5)57-43(34(37(35)56-27(2)48)46-40(49)30-21-15-16-22-31(30)41(46)50)60-39-38(52-23-28-17-11-9-12-18-28)36-32(58-44(39)51-6)24-53-42(59-36)29-19-13-10-14-20-29/h9-22,32-39,42-44H,23-25H2,1-8H3/t32?,33?,34?,35-,36-,37?,38?,39?,42?,43+,44+/m1/s1. The van der Waals surface area contributed by atoms with Crippen molar-refractivity contribution in [2.45, 2.75) is 127 Å². The topological polar surface area (TPSA) is 164 Å². The molecule has 11 atom stereocenters. The molecule has 0 aromatic heterocycles. The van der Waals surface area contributed by atoms with Crippen LogP contribution in [0.5, 0.6) is 0 Å². The van der Waals surface area contributed by atoms with Crippen molar-refractivity contribution < 1.29 is 66.2 Å². The molecule has 4 aliphatic heterocycles. The van der Waals surface area contributed by atoms with Crippen molar-refractivity contribution in [3.63, 3.8) is 0 Å². The number of benzene rings is 3. The van der Waals surface area contributed by atoms with E-state index in [2.05, 4.69) is 33.9 Å². The number of ether oxygens (including phenoxy) is 9. The highest BCUT2D eigenvalue weighted by Crippen LogP contribution is 2.42. The smallest absolute Gasteiger partial charge is 0.303 e. The van der Waals surface area contributed by atoms with E-state index in [4.69, 9.17) is 47.1 Å². The Bertz CT molecular complexity index is 1990. The maximum Gasteiger partial charge on any atom is 0.303 e. The van der Waals surface area contributed by atoms with E-state index in [-0.39, 0.29) is 36.0 Å². The van der Waals surface area contributed by atoms with Gasteiger partial charge in [-0.05, 0) is 35.8 Å². The molecule has 3 aromatic carbocycles. The zero-order chi connectivity index (χ0) is 43.6. The summed E-state index contributed by atoms with van der Waals surface area (Å²) >= 11 is 0. The molecule has 0 bridgehead atoms. The van der Waals surface area contributed by atoms with Crippen molar-refractivity contribution in [1.82, 2.24) is 4.90 Å². The molecule has 4 aliphatic rings. The molecule has 0 radical (unpaired) electrons. The lowest BCUT2D eigenvalue weighted by Gasteiger charge is -2.52. The first-order valence-corrected chi connectivity index (χ1v) is 23.4. The fraction of sp³-hybridized carbons (Fsp3) is 0.511. The molecule has 0 N–H and O–H groups in total. The highest BCUT2D eigenvalue weighted by molar-refractivity contribution is 6.74. The summed E-state index contributed by atoms with van der Waals surface area (Å²) in [6, 6.07) is 23.8. The van der Waals surface area contributed by atoms with Crippen LogP contribution < -0.4 is 0 Å². The number of methoxy groups -OCH3 is 1. The first-order chi connectivity index (χ1) is 29.1. The van der Waals surface area contributed by atoms with Crippen LogP contribution in [-0.2, 0) is 63.3 Å². The molecule has 15 nitrogen and oxygen atoms in total. The van der Waals surface area contributed by atoms with Gasteiger partial charge in [0.2, 0.25) is 0 Å². The lowest BCUT2D eigenvalue weighted by molar-refractivity contribution is -0.390. The van der Waals surface area contributed by atoms with E-state index in [9.17, 15) is 19.2 Å². The predicted molar refractivity (Wildman–Crippen MR) is 219 cm³/mol. The lowest BCUT2D eigenvalue weighted by atomic mass is 9.93. The van der Waals surface area contributed by atoms with Gasteiger partial charge in [-0.25, -0.2) is 0 Å². The van der Waals surface area contributed by atoms with Crippen LogP contribution in [0.15, 0.2) is 84.9 Å². The number of hydrogen-bond acceptors (Lipinski definition) is 14. The highest BCUT2D eigenvalue weighted by Gasteiger charge is 2.60. The summed E-state index contributed by atoms with van der Waals surface area (Å²) < 4.78 is 64.3. The molecule has 16 heteroatoms. The number of carbonyl (C=O) groups is 4. The summed E-state index contributed by atoms with van der Waals surface area (Å²) in [6.07, 6.45) is -11.0. The average Bonchev–Trinajstić information content (AvgIpc) is 3.48. The van der Waals surface area contributed by atoms with Crippen LogP contribution in [0.2, 0.25) is 18.1 Å². The number of rotatable bonds is 13. The Kier molecular flexibility index (Phi) is 13.6. The first-order valence-electron chi connectivity index (χ1n) is 20.5. The molecule has 0 spiro atoms. The normalized spacial score (nSPS) is 30.4. The molecule has 4 heterocycles. The minimum Gasteiger partial charge on any atom is -0.456 e. The number of esters is 2. The third-order valence-corrected chi connectivity index (χ3v) is 16.4. The molecule has 0 saturated carbocycles. The van der Waals surface area contributed by atoms with Gasteiger partial charge in [0.25, 0.3) is 11.8 Å². The molecule has 2 amide bonds. The minimum atomic E-state index is -2.49. The van der Waals surface area contributed by atoms with Crippen LogP contribution >= 0.6 is 0 Å². The van der Waals surface area contributed by atoms with Crippen molar-refractivity contribution in [2.24, 2.45) is 0 Å². The van der Waals surface area contributed by atoms with Gasteiger partial charge < -0.3 is 47.1 Å². The molecule has 3 saturated heterocycles. The summed E-state index contributed by atoms with van der Waals surface area (Å²) in [6.45, 7) is 12.9. The van der Waals surface area contributed by atoms with Crippen LogP contribution in [0.25, 0.3) is 0 Å². The van der Waals surface area contributed by atoms with E-state index in [1.54, 1.807) is 12.1 Å². The zero-order valence-corrected chi connectivity index (χ0v) is 36.7. The van der Waals surface area contributed by atoms with Crippen LogP contribution in [-0.4, -0.2) is 119 Å². The van der Waals surface area contributed by atoms with Crippen molar-refractivity contribution in [2.75, 3.05) is 20.3 Å². The molecule has 7 unspecified atom stereocenters. The number of hydrogen-bond donors (Lipinski definition) is 0. The second-order valence-corrected chi connectivity index (χ2v) is 21.9. The summed E-state index contributed by atoms with van der Waals surface area (Å²) in [5.41, 5.74) is 1.90. The Morgan fingerprint density at radius 3 is 1.93 bits per heavy atom. The third kappa shape index (κ3) is 9.52. The fourth-order valence-electron chi connectivity index (χ4n) is 7.83. The summed E-state index contributed by atoms with van der Waals surface area (Å²) in [4.78, 5) is 55.6. The van der Waals surface area contributed by atoms with E-state index in [1.165, 1.54) is 33.1 Å². The molecule has 0 aliphatic carbocycles. The van der Waals surface area contributed by atoms with E-state index >= 15 is 0 Å². The van der Waals surface area contributed by atoms with Crippen molar-refractivity contribution in [3.05, 3.63) is 107 Å². The molecule has 7 rings (SSSR count). The minimum absolute atomic E-state index is 0.117. The summed E-state index contributed by atoms with van der Waals surface area (Å²) in [5.74, 6) is -2.85. The lowest BCUT2D eigenvalue weighted by Crippen LogP contribution is -2.70.